The molecule has 1 aromatic heterocycles. The van der Waals surface area contributed by atoms with Gasteiger partial charge < -0.3 is 19.0 Å². The first-order valence-corrected chi connectivity index (χ1v) is 17.4. The minimum absolute atomic E-state index is 0.0481. The van der Waals surface area contributed by atoms with Crippen molar-refractivity contribution in [2.45, 2.75) is 36.7 Å². The molecule has 2 amide bonds. The topological polar surface area (TPSA) is 102 Å². The fraction of sp³-hybridized carbons (Fsp3) is 0.146. The van der Waals surface area contributed by atoms with Crippen molar-refractivity contribution in [2.24, 2.45) is 0 Å². The number of carbonyl (C=O) groups excluding carboxylic acids is 2. The molecule has 1 saturated heterocycles. The minimum Gasteiger partial charge on any atom is -0.431 e. The molecule has 248 valence electrons. The average Bonchev–Trinajstić information content (AvgIpc) is 3.73. The Bertz CT molecular complexity index is 2060. The van der Waals surface area contributed by atoms with Crippen LogP contribution in [0.25, 0.3) is 22.6 Å². The largest absolute Gasteiger partial charge is 0.431 e. The Balaban J connectivity index is 1.07. The second-order valence-electron chi connectivity index (χ2n) is 12.1. The van der Waals surface area contributed by atoms with Crippen molar-refractivity contribution in [3.63, 3.8) is 0 Å². The zero-order valence-corrected chi connectivity index (χ0v) is 27.7. The summed E-state index contributed by atoms with van der Waals surface area (Å²) in [7, 11) is 0. The molecule has 0 saturated carbocycles. The molecule has 9 heteroatoms. The van der Waals surface area contributed by atoms with Crippen LogP contribution < -0.4 is 4.90 Å². The first-order valence-electron chi connectivity index (χ1n) is 16.4. The summed E-state index contributed by atoms with van der Waals surface area (Å²) in [4.78, 5) is 32.7. The number of carbonyl (C=O) groups is 2. The molecule has 8 nitrogen and oxygen atoms in total. The van der Waals surface area contributed by atoms with Crippen molar-refractivity contribution >= 4 is 29.3 Å². The van der Waals surface area contributed by atoms with E-state index in [9.17, 15) is 14.7 Å². The average molecular weight is 681 g/mol. The van der Waals surface area contributed by atoms with Crippen molar-refractivity contribution in [1.29, 1.82) is 0 Å². The third-order valence-electron chi connectivity index (χ3n) is 8.89. The van der Waals surface area contributed by atoms with Crippen LogP contribution in [0.3, 0.4) is 0 Å². The molecule has 5 aromatic carbocycles. The molecule has 0 spiro atoms. The van der Waals surface area contributed by atoms with Gasteiger partial charge in [0.25, 0.3) is 17.0 Å². The number of aliphatic hydroxyl groups excluding tert-OH is 1. The number of aliphatic hydroxyl groups is 1. The molecule has 3 atom stereocenters. The summed E-state index contributed by atoms with van der Waals surface area (Å²) >= 11 is 1.48. The summed E-state index contributed by atoms with van der Waals surface area (Å²) in [6.07, 6.45) is -0.801. The van der Waals surface area contributed by atoms with Crippen molar-refractivity contribution < 1.29 is 28.6 Å². The highest BCUT2D eigenvalue weighted by molar-refractivity contribution is 7.99. The molecule has 1 fully saturated rings. The summed E-state index contributed by atoms with van der Waals surface area (Å²) in [5.74, 6) is 0.517. The predicted octanol–water partition coefficient (Wildman–Crippen LogP) is 8.64. The van der Waals surface area contributed by atoms with Gasteiger partial charge in [-0.25, -0.2) is 9.88 Å². The number of rotatable bonds is 9. The van der Waals surface area contributed by atoms with E-state index < -0.39 is 6.29 Å². The lowest BCUT2D eigenvalue weighted by molar-refractivity contribution is -0.245. The summed E-state index contributed by atoms with van der Waals surface area (Å²) in [5.41, 5.74) is 6.34. The van der Waals surface area contributed by atoms with E-state index in [0.717, 1.165) is 27.9 Å². The maximum absolute atomic E-state index is 13.3. The second kappa shape index (κ2) is 13.9. The van der Waals surface area contributed by atoms with Crippen molar-refractivity contribution in [3.8, 4) is 22.6 Å². The highest BCUT2D eigenvalue weighted by Crippen LogP contribution is 2.42. The SMILES string of the molecule is O=C1c2ccccc2C(=O)N1c1cccc([C@@H]2O[C@H](CSc3nc(-c4ccccc4)c(-c4ccccc4)o3)C[C@H](c3ccc(CO)cc3)O2)c1. The molecule has 2 aliphatic rings. The van der Waals surface area contributed by atoms with Crippen LogP contribution in [0.2, 0.25) is 0 Å². The molecule has 3 heterocycles. The van der Waals surface area contributed by atoms with Crippen LogP contribution in [0.1, 0.15) is 56.2 Å². The number of aromatic nitrogens is 1. The standard InChI is InChI=1S/C41H32N2O6S/c44-24-26-18-20-27(21-19-26)35-23-32(25-50-41-42-36(28-10-3-1-4-11-28)37(49-41)29-12-5-2-6-13-29)47-40(48-35)30-14-9-15-31(22-30)43-38(45)33-16-7-8-17-34(33)39(43)46/h1-22,32,35,40,44H,23-25H2/t32-,35+,40+/m0/s1. The molecule has 1 N–H and O–H groups in total. The fourth-order valence-electron chi connectivity index (χ4n) is 6.36. The van der Waals surface area contributed by atoms with Crippen LogP contribution in [0.15, 0.2) is 143 Å². The lowest BCUT2D eigenvalue weighted by Gasteiger charge is -2.36. The molecule has 0 bridgehead atoms. The molecule has 6 aromatic rings. The van der Waals surface area contributed by atoms with E-state index in [1.807, 2.05) is 91.0 Å². The summed E-state index contributed by atoms with van der Waals surface area (Å²) in [5, 5.41) is 10.1. The number of ether oxygens (including phenoxy) is 2. The van der Waals surface area contributed by atoms with E-state index in [0.29, 0.717) is 45.5 Å². The highest BCUT2D eigenvalue weighted by Gasteiger charge is 2.38. The molecule has 2 aliphatic heterocycles. The van der Waals surface area contributed by atoms with Gasteiger partial charge in [0.1, 0.15) is 5.69 Å². The maximum Gasteiger partial charge on any atom is 0.266 e. The van der Waals surface area contributed by atoms with Crippen molar-refractivity contribution in [2.75, 3.05) is 10.7 Å². The molecule has 50 heavy (non-hydrogen) atoms. The van der Waals surface area contributed by atoms with Gasteiger partial charge in [0.15, 0.2) is 12.1 Å². The van der Waals surface area contributed by atoms with Gasteiger partial charge in [-0.3, -0.25) is 9.59 Å². The Kier molecular flexibility index (Phi) is 8.87. The van der Waals surface area contributed by atoms with Crippen LogP contribution in [-0.2, 0) is 16.1 Å². The maximum atomic E-state index is 13.3. The van der Waals surface area contributed by atoms with Gasteiger partial charge in [0.2, 0.25) is 0 Å². The number of hydrogen-bond acceptors (Lipinski definition) is 8. The van der Waals surface area contributed by atoms with Crippen LogP contribution in [-0.4, -0.2) is 33.8 Å². The third-order valence-corrected chi connectivity index (χ3v) is 9.85. The monoisotopic (exact) mass is 680 g/mol. The van der Waals surface area contributed by atoms with Gasteiger partial charge in [0, 0.05) is 28.9 Å². The first kappa shape index (κ1) is 31.9. The number of thioether (sulfide) groups is 1. The Morgan fingerprint density at radius 2 is 1.38 bits per heavy atom. The van der Waals surface area contributed by atoms with Gasteiger partial charge in [0.05, 0.1) is 35.6 Å². The third kappa shape index (κ3) is 6.28. The minimum atomic E-state index is -0.781. The lowest BCUT2D eigenvalue weighted by atomic mass is 10.0. The number of fused-ring (bicyclic) bond motifs is 1. The van der Waals surface area contributed by atoms with Crippen molar-refractivity contribution in [1.82, 2.24) is 4.98 Å². The smallest absolute Gasteiger partial charge is 0.266 e. The number of nitrogens with zero attached hydrogens (tertiary/aromatic N) is 2. The molecule has 0 radical (unpaired) electrons. The lowest BCUT2D eigenvalue weighted by Crippen LogP contribution is -2.32. The van der Waals surface area contributed by atoms with Crippen LogP contribution in [0.4, 0.5) is 5.69 Å². The molecule has 8 rings (SSSR count). The quantitative estimate of drug-likeness (QED) is 0.120. The first-order chi connectivity index (χ1) is 24.6. The van der Waals surface area contributed by atoms with E-state index in [2.05, 4.69) is 0 Å². The van der Waals surface area contributed by atoms with E-state index >= 15 is 0 Å². The molecule has 0 unspecified atom stereocenters. The highest BCUT2D eigenvalue weighted by atomic mass is 32.2. The number of hydrogen-bond donors (Lipinski definition) is 1. The molecular formula is C41H32N2O6S. The van der Waals surface area contributed by atoms with Gasteiger partial charge in [-0.15, -0.1) is 0 Å². The number of oxazole rings is 1. The van der Waals surface area contributed by atoms with E-state index in [4.69, 9.17) is 18.9 Å². The Labute approximate surface area is 293 Å². The summed E-state index contributed by atoms with van der Waals surface area (Å²) in [6.45, 7) is -0.0481. The normalized spacial score (nSPS) is 18.7. The molecule has 0 aliphatic carbocycles. The summed E-state index contributed by atoms with van der Waals surface area (Å²) in [6, 6.07) is 41.7. The number of amides is 2. The van der Waals surface area contributed by atoms with E-state index in [1.165, 1.54) is 16.7 Å². The van der Waals surface area contributed by atoms with E-state index in [1.54, 1.807) is 42.5 Å². The Morgan fingerprint density at radius 1 is 0.720 bits per heavy atom. The van der Waals surface area contributed by atoms with Crippen LogP contribution in [0, 0.1) is 0 Å². The van der Waals surface area contributed by atoms with E-state index in [-0.39, 0.29) is 30.6 Å². The molecular weight excluding hydrogens is 649 g/mol. The number of imide groups is 1. The van der Waals surface area contributed by atoms with Crippen LogP contribution in [0.5, 0.6) is 0 Å². The second-order valence-corrected chi connectivity index (χ2v) is 13.1. The van der Waals surface area contributed by atoms with Gasteiger partial charge in [-0.05, 0) is 35.4 Å². The number of anilines is 1. The number of benzene rings is 5. The van der Waals surface area contributed by atoms with Crippen molar-refractivity contribution in [3.05, 3.63) is 161 Å². The predicted molar refractivity (Wildman–Crippen MR) is 191 cm³/mol. The zero-order chi connectivity index (χ0) is 34.0. The van der Waals surface area contributed by atoms with Gasteiger partial charge in [-0.2, -0.15) is 0 Å². The fourth-order valence-corrected chi connectivity index (χ4v) is 7.20. The summed E-state index contributed by atoms with van der Waals surface area (Å²) < 4.78 is 19.5. The van der Waals surface area contributed by atoms with Gasteiger partial charge >= 0.3 is 0 Å². The Morgan fingerprint density at radius 3 is 2.06 bits per heavy atom. The Hall–Kier alpha value is -5.32. The van der Waals surface area contributed by atoms with Crippen LogP contribution >= 0.6 is 11.8 Å². The van der Waals surface area contributed by atoms with Gasteiger partial charge in [-0.1, -0.05) is 121 Å². The zero-order valence-electron chi connectivity index (χ0n) is 26.8.